The third-order valence-corrected chi connectivity index (χ3v) is 4.11. The first-order valence-electron chi connectivity index (χ1n) is 3.86. The molecular weight excluding hydrogens is 292 g/mol. The average Bonchev–Trinajstić information content (AvgIpc) is 2.40. The Morgan fingerprint density at radius 2 is 2.07 bits per heavy atom. The van der Waals surface area contributed by atoms with E-state index in [1.807, 2.05) is 0 Å². The zero-order chi connectivity index (χ0) is 11.1. The SMILES string of the molecule is Nc1nc2ccc(SC(F)(F)F)cc2[se]1. The van der Waals surface area contributed by atoms with Crippen LogP contribution < -0.4 is 5.73 Å². The number of benzene rings is 1. The summed E-state index contributed by atoms with van der Waals surface area (Å²) in [5.41, 5.74) is 1.96. The Morgan fingerprint density at radius 3 is 2.73 bits per heavy atom. The van der Waals surface area contributed by atoms with Crippen LogP contribution in [0.15, 0.2) is 23.1 Å². The number of nitrogen functional groups attached to an aromatic ring is 1. The van der Waals surface area contributed by atoms with Crippen molar-refractivity contribution in [3.63, 3.8) is 0 Å². The number of thioether (sulfide) groups is 1. The number of aromatic nitrogens is 1. The maximum absolute atomic E-state index is 12.1. The molecule has 0 aliphatic rings. The number of fused-ring (bicyclic) bond motifs is 1. The van der Waals surface area contributed by atoms with E-state index in [0.29, 0.717) is 10.2 Å². The molecule has 0 aliphatic heterocycles. The average molecular weight is 297 g/mol. The van der Waals surface area contributed by atoms with Crippen LogP contribution in [0.2, 0.25) is 0 Å². The van der Waals surface area contributed by atoms with Crippen molar-refractivity contribution in [2.75, 3.05) is 5.73 Å². The molecule has 80 valence electrons. The molecule has 0 amide bonds. The van der Waals surface area contributed by atoms with Crippen molar-refractivity contribution in [2.45, 2.75) is 10.4 Å². The minimum absolute atomic E-state index is 0.114. The third kappa shape index (κ3) is 2.68. The van der Waals surface area contributed by atoms with Crippen molar-refractivity contribution in [1.29, 1.82) is 0 Å². The van der Waals surface area contributed by atoms with E-state index in [9.17, 15) is 13.2 Å². The number of hydrogen-bond donors (Lipinski definition) is 1. The summed E-state index contributed by atoms with van der Waals surface area (Å²) in [7, 11) is 0. The fourth-order valence-corrected chi connectivity index (χ4v) is 3.49. The van der Waals surface area contributed by atoms with E-state index in [2.05, 4.69) is 4.98 Å². The number of nitrogens with two attached hydrogens (primary N) is 1. The summed E-state index contributed by atoms with van der Waals surface area (Å²) in [4.78, 5) is 4.21. The summed E-state index contributed by atoms with van der Waals surface area (Å²) >= 11 is -0.241. The van der Waals surface area contributed by atoms with E-state index in [0.717, 1.165) is 4.26 Å². The van der Waals surface area contributed by atoms with Crippen molar-refractivity contribution in [2.24, 2.45) is 0 Å². The first-order valence-corrected chi connectivity index (χ1v) is 6.39. The molecule has 7 heteroatoms. The van der Waals surface area contributed by atoms with E-state index in [-0.39, 0.29) is 31.2 Å². The van der Waals surface area contributed by atoms with Crippen LogP contribution >= 0.6 is 11.8 Å². The van der Waals surface area contributed by atoms with Gasteiger partial charge in [0.25, 0.3) is 0 Å². The fourth-order valence-electron chi connectivity index (χ4n) is 1.12. The normalized spacial score (nSPS) is 12.2. The van der Waals surface area contributed by atoms with Crippen LogP contribution in [0.3, 0.4) is 0 Å². The maximum atomic E-state index is 12.1. The number of halogens is 3. The van der Waals surface area contributed by atoms with Gasteiger partial charge in [0.2, 0.25) is 0 Å². The summed E-state index contributed by atoms with van der Waals surface area (Å²) in [5.74, 6) is 0. The Balaban J connectivity index is 2.38. The molecule has 0 fully saturated rings. The number of anilines is 1. The second kappa shape index (κ2) is 3.73. The summed E-state index contributed by atoms with van der Waals surface area (Å²) in [6.07, 6.45) is 0. The number of nitrogens with zero attached hydrogens (tertiary/aromatic N) is 1. The van der Waals surface area contributed by atoms with Gasteiger partial charge >= 0.3 is 93.2 Å². The molecule has 0 spiro atoms. The molecule has 0 atom stereocenters. The van der Waals surface area contributed by atoms with E-state index < -0.39 is 5.51 Å². The first kappa shape index (κ1) is 10.9. The molecule has 0 bridgehead atoms. The predicted octanol–water partition coefficient (Wildman–Crippen LogP) is 2.49. The van der Waals surface area contributed by atoms with Crippen molar-refractivity contribution in [3.8, 4) is 0 Å². The molecule has 0 unspecified atom stereocenters. The molecule has 0 radical (unpaired) electrons. The van der Waals surface area contributed by atoms with Crippen LogP contribution in [-0.4, -0.2) is 25.0 Å². The predicted molar refractivity (Wildman–Crippen MR) is 55.0 cm³/mol. The van der Waals surface area contributed by atoms with Crippen LogP contribution in [0.1, 0.15) is 0 Å². The van der Waals surface area contributed by atoms with Gasteiger partial charge in [-0.25, -0.2) is 0 Å². The minimum atomic E-state index is -4.24. The summed E-state index contributed by atoms with van der Waals surface area (Å²) in [6.45, 7) is 0. The van der Waals surface area contributed by atoms with Crippen LogP contribution in [-0.2, 0) is 0 Å². The van der Waals surface area contributed by atoms with E-state index >= 15 is 0 Å². The summed E-state index contributed by atoms with van der Waals surface area (Å²) in [5, 5.41) is 0. The second-order valence-corrected chi connectivity index (χ2v) is 6.10. The van der Waals surface area contributed by atoms with E-state index in [4.69, 9.17) is 5.73 Å². The first-order chi connectivity index (χ1) is 6.94. The van der Waals surface area contributed by atoms with E-state index in [1.165, 1.54) is 12.1 Å². The van der Waals surface area contributed by atoms with Gasteiger partial charge in [0, 0.05) is 0 Å². The zero-order valence-electron chi connectivity index (χ0n) is 7.21. The van der Waals surface area contributed by atoms with E-state index in [1.54, 1.807) is 6.07 Å². The van der Waals surface area contributed by atoms with Crippen LogP contribution in [0, 0.1) is 0 Å². The quantitative estimate of drug-likeness (QED) is 0.649. The van der Waals surface area contributed by atoms with Crippen molar-refractivity contribution in [1.82, 2.24) is 4.98 Å². The Bertz CT molecular complexity index is 494. The van der Waals surface area contributed by atoms with Gasteiger partial charge in [-0.1, -0.05) is 0 Å². The Morgan fingerprint density at radius 1 is 1.33 bits per heavy atom. The number of rotatable bonds is 1. The second-order valence-electron chi connectivity index (χ2n) is 2.73. The zero-order valence-corrected chi connectivity index (χ0v) is 9.74. The molecule has 0 saturated carbocycles. The molecular formula is C8H5F3N2SSe. The molecule has 2 N–H and O–H groups in total. The van der Waals surface area contributed by atoms with Gasteiger partial charge in [-0.2, -0.15) is 0 Å². The monoisotopic (exact) mass is 298 g/mol. The van der Waals surface area contributed by atoms with Crippen LogP contribution in [0.4, 0.5) is 17.9 Å². The molecule has 2 rings (SSSR count). The molecule has 1 heterocycles. The summed E-state index contributed by atoms with van der Waals surface area (Å²) < 4.78 is 37.6. The number of hydrogen-bond acceptors (Lipinski definition) is 3. The molecule has 2 nitrogen and oxygen atoms in total. The van der Waals surface area contributed by atoms with Gasteiger partial charge < -0.3 is 0 Å². The van der Waals surface area contributed by atoms with Gasteiger partial charge in [0.1, 0.15) is 0 Å². The molecule has 15 heavy (non-hydrogen) atoms. The van der Waals surface area contributed by atoms with Crippen LogP contribution in [0.25, 0.3) is 9.78 Å². The van der Waals surface area contributed by atoms with Crippen molar-refractivity contribution >= 4 is 40.7 Å². The third-order valence-electron chi connectivity index (χ3n) is 1.61. The standard InChI is InChI=1S/C8H5F3N2SSe/c9-8(10,11)14-4-1-2-5-6(3-4)15-7(12)13-5/h1-3H,(H2,12,13). The molecule has 1 aromatic carbocycles. The Labute approximate surface area is 93.4 Å². The van der Waals surface area contributed by atoms with Crippen molar-refractivity contribution < 1.29 is 13.2 Å². The fraction of sp³-hybridized carbons (Fsp3) is 0.125. The molecule has 0 saturated heterocycles. The molecule has 1 aromatic heterocycles. The summed E-state index contributed by atoms with van der Waals surface area (Å²) in [6, 6.07) is 4.50. The van der Waals surface area contributed by atoms with Gasteiger partial charge in [0.15, 0.2) is 0 Å². The number of alkyl halides is 3. The van der Waals surface area contributed by atoms with Gasteiger partial charge in [-0.3, -0.25) is 0 Å². The molecule has 0 aliphatic carbocycles. The van der Waals surface area contributed by atoms with Gasteiger partial charge in [-0.05, 0) is 0 Å². The molecule has 2 aromatic rings. The van der Waals surface area contributed by atoms with Crippen LogP contribution in [0.5, 0.6) is 0 Å². The topological polar surface area (TPSA) is 38.9 Å². The van der Waals surface area contributed by atoms with Gasteiger partial charge in [0.05, 0.1) is 0 Å². The van der Waals surface area contributed by atoms with Gasteiger partial charge in [-0.15, -0.1) is 0 Å². The Kier molecular flexibility index (Phi) is 2.70. The Hall–Kier alpha value is -0.651. The van der Waals surface area contributed by atoms with Crippen molar-refractivity contribution in [3.05, 3.63) is 18.2 Å².